The van der Waals surface area contributed by atoms with Gasteiger partial charge in [0.25, 0.3) is 10.0 Å². The van der Waals surface area contributed by atoms with Crippen LogP contribution in [0.25, 0.3) is 0 Å². The van der Waals surface area contributed by atoms with Crippen LogP contribution in [-0.2, 0) is 10.0 Å². The number of anilines is 1. The number of benzene rings is 2. The fourth-order valence-electron chi connectivity index (χ4n) is 1.83. The van der Waals surface area contributed by atoms with E-state index in [0.717, 1.165) is 12.1 Å². The van der Waals surface area contributed by atoms with Gasteiger partial charge in [-0.05, 0) is 31.2 Å². The number of methoxy groups -OCH3 is 1. The first-order valence-electron chi connectivity index (χ1n) is 6.31. The van der Waals surface area contributed by atoms with E-state index < -0.39 is 15.8 Å². The van der Waals surface area contributed by atoms with E-state index in [0.29, 0.717) is 5.56 Å². The van der Waals surface area contributed by atoms with Crippen LogP contribution in [-0.4, -0.2) is 21.3 Å². The van der Waals surface area contributed by atoms with Crippen molar-refractivity contribution in [1.82, 2.24) is 0 Å². The molecular weight excluding hydrogens is 309 g/mol. The number of Topliss-reactive ketones (excluding diaryl/α,β-unsaturated/α-hetero) is 1. The van der Waals surface area contributed by atoms with Crippen LogP contribution in [0, 0.1) is 5.82 Å². The van der Waals surface area contributed by atoms with Crippen molar-refractivity contribution < 1.29 is 22.3 Å². The van der Waals surface area contributed by atoms with Crippen LogP contribution >= 0.6 is 0 Å². The zero-order chi connectivity index (χ0) is 16.3. The first-order valence-corrected chi connectivity index (χ1v) is 7.79. The molecule has 116 valence electrons. The Hall–Kier alpha value is -2.41. The maximum atomic E-state index is 13.3. The van der Waals surface area contributed by atoms with Crippen molar-refractivity contribution in [3.63, 3.8) is 0 Å². The summed E-state index contributed by atoms with van der Waals surface area (Å²) in [5.74, 6) is -0.556. The predicted molar refractivity (Wildman–Crippen MR) is 80.2 cm³/mol. The van der Waals surface area contributed by atoms with Gasteiger partial charge in [-0.2, -0.15) is 0 Å². The molecule has 0 aliphatic rings. The molecule has 0 radical (unpaired) electrons. The third kappa shape index (κ3) is 3.43. The fraction of sp³-hybridized carbons (Fsp3) is 0.133. The Labute approximate surface area is 127 Å². The van der Waals surface area contributed by atoms with Crippen molar-refractivity contribution in [2.24, 2.45) is 0 Å². The zero-order valence-corrected chi connectivity index (χ0v) is 12.8. The number of sulfonamides is 1. The summed E-state index contributed by atoms with van der Waals surface area (Å²) in [5.41, 5.74) is 0.403. The maximum absolute atomic E-state index is 13.3. The molecule has 2 rings (SSSR count). The van der Waals surface area contributed by atoms with Gasteiger partial charge in [-0.1, -0.05) is 12.1 Å². The number of carbonyl (C=O) groups is 1. The molecule has 0 heterocycles. The molecule has 1 N–H and O–H groups in total. The zero-order valence-electron chi connectivity index (χ0n) is 12.0. The summed E-state index contributed by atoms with van der Waals surface area (Å²) < 4.78 is 45.1. The van der Waals surface area contributed by atoms with Crippen LogP contribution < -0.4 is 9.46 Å². The largest absolute Gasteiger partial charge is 0.495 e. The molecule has 0 aliphatic carbocycles. The molecule has 2 aromatic rings. The van der Waals surface area contributed by atoms with Gasteiger partial charge in [-0.3, -0.25) is 9.52 Å². The number of nitrogens with one attached hydrogen (secondary N) is 1. The van der Waals surface area contributed by atoms with E-state index >= 15 is 0 Å². The minimum atomic E-state index is -3.91. The topological polar surface area (TPSA) is 72.5 Å². The molecule has 0 bridgehead atoms. The highest BCUT2D eigenvalue weighted by Gasteiger charge is 2.17. The third-order valence-corrected chi connectivity index (χ3v) is 4.36. The highest BCUT2D eigenvalue weighted by atomic mass is 32.2. The van der Waals surface area contributed by atoms with E-state index in [2.05, 4.69) is 4.72 Å². The first-order chi connectivity index (χ1) is 10.3. The Morgan fingerprint density at radius 2 is 1.77 bits per heavy atom. The smallest absolute Gasteiger partial charge is 0.262 e. The second kappa shape index (κ2) is 6.15. The summed E-state index contributed by atoms with van der Waals surface area (Å²) in [6.07, 6.45) is 0. The molecule has 0 saturated carbocycles. The summed E-state index contributed by atoms with van der Waals surface area (Å²) in [6, 6.07) is 8.97. The van der Waals surface area contributed by atoms with Crippen molar-refractivity contribution in [2.45, 2.75) is 11.8 Å². The highest BCUT2D eigenvalue weighted by Crippen LogP contribution is 2.27. The van der Waals surface area contributed by atoms with Crippen molar-refractivity contribution in [3.8, 4) is 5.75 Å². The van der Waals surface area contributed by atoms with Crippen LogP contribution in [0.5, 0.6) is 5.75 Å². The molecule has 0 unspecified atom stereocenters. The molecule has 0 saturated heterocycles. The van der Waals surface area contributed by atoms with Gasteiger partial charge in [0.1, 0.15) is 11.6 Å². The number of ether oxygens (including phenoxy) is 1. The van der Waals surface area contributed by atoms with Crippen molar-refractivity contribution >= 4 is 21.5 Å². The minimum Gasteiger partial charge on any atom is -0.495 e. The fourth-order valence-corrected chi connectivity index (χ4v) is 2.89. The van der Waals surface area contributed by atoms with Crippen molar-refractivity contribution in [2.75, 3.05) is 11.8 Å². The van der Waals surface area contributed by atoms with Gasteiger partial charge in [0.15, 0.2) is 5.78 Å². The SMILES string of the molecule is COc1ccc(F)cc1NS(=O)(=O)c1ccc(C(C)=O)cc1. The summed E-state index contributed by atoms with van der Waals surface area (Å²) in [6.45, 7) is 1.39. The number of hydrogen-bond acceptors (Lipinski definition) is 4. The second-order valence-corrected chi connectivity index (χ2v) is 6.21. The van der Waals surface area contributed by atoms with Crippen LogP contribution in [0.2, 0.25) is 0 Å². The van der Waals surface area contributed by atoms with Gasteiger partial charge < -0.3 is 4.74 Å². The lowest BCUT2D eigenvalue weighted by molar-refractivity contribution is 0.101. The monoisotopic (exact) mass is 323 g/mol. The summed E-state index contributed by atoms with van der Waals surface area (Å²) >= 11 is 0. The van der Waals surface area contributed by atoms with Crippen LogP contribution in [0.4, 0.5) is 10.1 Å². The van der Waals surface area contributed by atoms with Crippen LogP contribution in [0.3, 0.4) is 0 Å². The van der Waals surface area contributed by atoms with Crippen LogP contribution in [0.1, 0.15) is 17.3 Å². The molecule has 0 aliphatic heterocycles. The molecular formula is C15H14FNO4S. The average Bonchev–Trinajstić information content (AvgIpc) is 2.47. The number of ketones is 1. The molecule has 7 heteroatoms. The molecule has 22 heavy (non-hydrogen) atoms. The minimum absolute atomic E-state index is 0.00172. The summed E-state index contributed by atoms with van der Waals surface area (Å²) in [7, 11) is -2.56. The van der Waals surface area contributed by atoms with Gasteiger partial charge in [-0.15, -0.1) is 0 Å². The average molecular weight is 323 g/mol. The summed E-state index contributed by atoms with van der Waals surface area (Å²) in [5, 5.41) is 0. The highest BCUT2D eigenvalue weighted by molar-refractivity contribution is 7.92. The van der Waals surface area contributed by atoms with E-state index in [1.165, 1.54) is 44.4 Å². The number of rotatable bonds is 5. The Morgan fingerprint density at radius 3 is 2.32 bits per heavy atom. The van der Waals surface area contributed by atoms with Crippen LogP contribution in [0.15, 0.2) is 47.4 Å². The Kier molecular flexibility index (Phi) is 4.46. The molecule has 0 spiro atoms. The van der Waals surface area contributed by atoms with E-state index in [1.54, 1.807) is 0 Å². The lowest BCUT2D eigenvalue weighted by Gasteiger charge is -2.12. The Bertz CT molecular complexity index is 801. The van der Waals surface area contributed by atoms with Crippen molar-refractivity contribution in [3.05, 3.63) is 53.8 Å². The molecule has 2 aromatic carbocycles. The third-order valence-electron chi connectivity index (χ3n) is 2.98. The normalized spacial score (nSPS) is 11.0. The van der Waals surface area contributed by atoms with Gasteiger partial charge in [0.2, 0.25) is 0 Å². The van der Waals surface area contributed by atoms with Crippen molar-refractivity contribution in [1.29, 1.82) is 0 Å². The maximum Gasteiger partial charge on any atom is 0.262 e. The molecule has 0 aromatic heterocycles. The second-order valence-electron chi connectivity index (χ2n) is 4.53. The number of carbonyl (C=O) groups excluding carboxylic acids is 1. The van der Waals surface area contributed by atoms with Gasteiger partial charge >= 0.3 is 0 Å². The lowest BCUT2D eigenvalue weighted by Crippen LogP contribution is -2.14. The molecule has 0 atom stereocenters. The van der Waals surface area contributed by atoms with E-state index in [-0.39, 0.29) is 22.1 Å². The molecule has 0 fully saturated rings. The van der Waals surface area contributed by atoms with E-state index in [4.69, 9.17) is 4.74 Å². The van der Waals surface area contributed by atoms with Gasteiger partial charge in [0, 0.05) is 11.6 Å². The Morgan fingerprint density at radius 1 is 1.14 bits per heavy atom. The lowest BCUT2D eigenvalue weighted by atomic mass is 10.2. The number of halogens is 1. The first kappa shape index (κ1) is 16.0. The van der Waals surface area contributed by atoms with E-state index in [9.17, 15) is 17.6 Å². The number of hydrogen-bond donors (Lipinski definition) is 1. The standard InChI is InChI=1S/C15H14FNO4S/c1-10(18)11-3-6-13(7-4-11)22(19,20)17-14-9-12(16)5-8-15(14)21-2/h3-9,17H,1-2H3. The molecule has 0 amide bonds. The van der Waals surface area contributed by atoms with Gasteiger partial charge in [0.05, 0.1) is 17.7 Å². The molecule has 5 nitrogen and oxygen atoms in total. The van der Waals surface area contributed by atoms with Gasteiger partial charge in [-0.25, -0.2) is 12.8 Å². The summed E-state index contributed by atoms with van der Waals surface area (Å²) in [4.78, 5) is 11.2. The predicted octanol–water partition coefficient (Wildman–Crippen LogP) is 2.84. The van der Waals surface area contributed by atoms with E-state index in [1.807, 2.05) is 0 Å². The Balaban J connectivity index is 2.35. The quantitative estimate of drug-likeness (QED) is 0.859.